The van der Waals surface area contributed by atoms with Crippen LogP contribution in [0.25, 0.3) is 11.0 Å². The lowest BCUT2D eigenvalue weighted by atomic mass is 10.2. The number of esters is 1. The first-order valence-electron chi connectivity index (χ1n) is 5.73. The summed E-state index contributed by atoms with van der Waals surface area (Å²) in [4.78, 5) is 11.4. The second kappa shape index (κ2) is 5.71. The maximum atomic E-state index is 11.3. The average Bonchev–Trinajstić information content (AvgIpc) is 2.75. The Morgan fingerprint density at radius 1 is 1.42 bits per heavy atom. The molecule has 0 saturated carbocycles. The number of carbonyl (C=O) groups is 1. The summed E-state index contributed by atoms with van der Waals surface area (Å²) in [5, 5.41) is 0.717. The summed E-state index contributed by atoms with van der Waals surface area (Å²) < 4.78 is 15.7. The smallest absolute Gasteiger partial charge is 0.344 e. The van der Waals surface area contributed by atoms with Crippen molar-refractivity contribution in [1.82, 2.24) is 0 Å². The van der Waals surface area contributed by atoms with E-state index in [1.165, 1.54) is 0 Å². The highest BCUT2D eigenvalue weighted by molar-refractivity contribution is 7.80. The number of benzene rings is 1. The number of thiocarbonyl (C=S) groups is 1. The molecule has 0 aliphatic carbocycles. The summed E-state index contributed by atoms with van der Waals surface area (Å²) in [6, 6.07) is 7.23. The van der Waals surface area contributed by atoms with Crippen molar-refractivity contribution in [1.29, 1.82) is 0 Å². The third-order valence-electron chi connectivity index (χ3n) is 2.41. The molecule has 0 aliphatic heterocycles. The van der Waals surface area contributed by atoms with Crippen molar-refractivity contribution in [2.24, 2.45) is 5.73 Å². The van der Waals surface area contributed by atoms with Crippen LogP contribution in [0.5, 0.6) is 5.75 Å². The van der Waals surface area contributed by atoms with Crippen LogP contribution >= 0.6 is 12.2 Å². The fourth-order valence-electron chi connectivity index (χ4n) is 1.66. The van der Waals surface area contributed by atoms with Gasteiger partial charge in [0.1, 0.15) is 10.6 Å². The summed E-state index contributed by atoms with van der Waals surface area (Å²) in [5.74, 6) is 0.179. The van der Waals surface area contributed by atoms with Crippen molar-refractivity contribution in [3.8, 4) is 5.75 Å². The fraction of sp³-hybridized carbons (Fsp3) is 0.231. The van der Waals surface area contributed by atoms with Crippen LogP contribution < -0.4 is 10.5 Å². The Morgan fingerprint density at radius 2 is 2.16 bits per heavy atom. The molecule has 0 bridgehead atoms. The van der Waals surface area contributed by atoms with E-state index >= 15 is 0 Å². The SMILES string of the molecule is CCOC(=O)COc1c(C(N)=S)oc2ccccc12. The zero-order valence-electron chi connectivity index (χ0n) is 10.3. The van der Waals surface area contributed by atoms with Gasteiger partial charge in [-0.15, -0.1) is 0 Å². The molecular formula is C13H13NO4S. The summed E-state index contributed by atoms with van der Waals surface area (Å²) in [7, 11) is 0. The van der Waals surface area contributed by atoms with E-state index in [1.807, 2.05) is 12.1 Å². The minimum atomic E-state index is -0.457. The number of nitrogens with two attached hydrogens (primary N) is 1. The topological polar surface area (TPSA) is 74.7 Å². The van der Waals surface area contributed by atoms with Gasteiger partial charge in [0.2, 0.25) is 5.76 Å². The largest absolute Gasteiger partial charge is 0.477 e. The predicted octanol–water partition coefficient (Wildman–Crippen LogP) is 2.01. The van der Waals surface area contributed by atoms with E-state index in [4.69, 9.17) is 31.8 Å². The molecule has 0 spiro atoms. The van der Waals surface area contributed by atoms with Crippen LogP contribution in [-0.2, 0) is 9.53 Å². The van der Waals surface area contributed by atoms with Crippen LogP contribution in [0.4, 0.5) is 0 Å². The molecule has 19 heavy (non-hydrogen) atoms. The monoisotopic (exact) mass is 279 g/mol. The van der Waals surface area contributed by atoms with E-state index in [1.54, 1.807) is 19.1 Å². The number of para-hydroxylation sites is 1. The molecule has 5 nitrogen and oxygen atoms in total. The van der Waals surface area contributed by atoms with Gasteiger partial charge in [-0.2, -0.15) is 0 Å². The van der Waals surface area contributed by atoms with Crippen molar-refractivity contribution in [3.05, 3.63) is 30.0 Å². The van der Waals surface area contributed by atoms with Gasteiger partial charge >= 0.3 is 5.97 Å². The van der Waals surface area contributed by atoms with Gasteiger partial charge in [0.15, 0.2) is 12.4 Å². The van der Waals surface area contributed by atoms with Gasteiger partial charge in [-0.05, 0) is 19.1 Å². The number of rotatable bonds is 5. The van der Waals surface area contributed by atoms with Gasteiger partial charge < -0.3 is 19.6 Å². The number of ether oxygens (including phenoxy) is 2. The summed E-state index contributed by atoms with van der Waals surface area (Å²) >= 11 is 4.91. The maximum absolute atomic E-state index is 11.3. The highest BCUT2D eigenvalue weighted by Gasteiger charge is 2.18. The Kier molecular flexibility index (Phi) is 4.01. The van der Waals surface area contributed by atoms with Crippen molar-refractivity contribution in [2.45, 2.75) is 6.92 Å². The Labute approximate surface area is 115 Å². The highest BCUT2D eigenvalue weighted by Crippen LogP contribution is 2.32. The first-order chi connectivity index (χ1) is 9.13. The number of hydrogen-bond acceptors (Lipinski definition) is 5. The molecule has 0 radical (unpaired) electrons. The van der Waals surface area contributed by atoms with E-state index in [9.17, 15) is 4.79 Å². The Bertz CT molecular complexity index is 620. The molecular weight excluding hydrogens is 266 g/mol. The van der Waals surface area contributed by atoms with Gasteiger partial charge in [0.05, 0.1) is 12.0 Å². The molecule has 2 rings (SSSR count). The first kappa shape index (κ1) is 13.4. The number of hydrogen-bond donors (Lipinski definition) is 1. The third kappa shape index (κ3) is 2.85. The number of carbonyl (C=O) groups excluding carboxylic acids is 1. The molecule has 1 aromatic carbocycles. The predicted molar refractivity (Wildman–Crippen MR) is 74.2 cm³/mol. The molecule has 2 N–H and O–H groups in total. The molecule has 2 aromatic rings. The molecule has 0 unspecified atom stereocenters. The lowest BCUT2D eigenvalue weighted by Crippen LogP contribution is -2.16. The van der Waals surface area contributed by atoms with E-state index in [2.05, 4.69) is 0 Å². The molecule has 100 valence electrons. The van der Waals surface area contributed by atoms with Crippen LogP contribution in [0.15, 0.2) is 28.7 Å². The third-order valence-corrected chi connectivity index (χ3v) is 2.60. The Balaban J connectivity index is 2.31. The second-order valence-corrected chi connectivity index (χ2v) is 4.15. The van der Waals surface area contributed by atoms with Crippen molar-refractivity contribution in [2.75, 3.05) is 13.2 Å². The van der Waals surface area contributed by atoms with Crippen LogP contribution in [0.3, 0.4) is 0 Å². The molecule has 6 heteroatoms. The molecule has 0 aliphatic rings. The van der Waals surface area contributed by atoms with Gasteiger partial charge in [-0.1, -0.05) is 24.4 Å². The van der Waals surface area contributed by atoms with Gasteiger partial charge in [-0.3, -0.25) is 0 Å². The quantitative estimate of drug-likeness (QED) is 0.666. The van der Waals surface area contributed by atoms with Crippen molar-refractivity contribution >= 4 is 34.1 Å². The standard InChI is InChI=1S/C13H13NO4S/c1-2-16-10(15)7-17-11-8-5-3-4-6-9(8)18-12(11)13(14)19/h3-6H,2,7H2,1H3,(H2,14,19). The minimum Gasteiger partial charge on any atom is -0.477 e. The summed E-state index contributed by atoms with van der Waals surface area (Å²) in [6.45, 7) is 1.81. The number of fused-ring (bicyclic) bond motifs is 1. The zero-order valence-corrected chi connectivity index (χ0v) is 11.2. The van der Waals surface area contributed by atoms with Crippen molar-refractivity contribution < 1.29 is 18.7 Å². The molecule has 0 amide bonds. The molecule has 0 fully saturated rings. The number of furan rings is 1. The normalized spacial score (nSPS) is 10.4. The molecule has 0 saturated heterocycles. The summed E-state index contributed by atoms with van der Waals surface area (Å²) in [5.41, 5.74) is 6.19. The summed E-state index contributed by atoms with van der Waals surface area (Å²) in [6.07, 6.45) is 0. The van der Waals surface area contributed by atoms with Crippen LogP contribution in [0, 0.1) is 0 Å². The fourth-order valence-corrected chi connectivity index (χ4v) is 1.80. The Morgan fingerprint density at radius 3 is 2.84 bits per heavy atom. The van der Waals surface area contributed by atoms with Crippen LogP contribution in [0.1, 0.15) is 12.7 Å². The minimum absolute atomic E-state index is 0.0788. The average molecular weight is 279 g/mol. The van der Waals surface area contributed by atoms with E-state index in [0.717, 1.165) is 5.39 Å². The lowest BCUT2D eigenvalue weighted by molar-refractivity contribution is -0.145. The van der Waals surface area contributed by atoms with Gasteiger partial charge in [0.25, 0.3) is 0 Å². The van der Waals surface area contributed by atoms with Crippen LogP contribution in [-0.4, -0.2) is 24.2 Å². The van der Waals surface area contributed by atoms with E-state index in [0.29, 0.717) is 17.9 Å². The molecule has 1 aromatic heterocycles. The van der Waals surface area contributed by atoms with Gasteiger partial charge in [-0.25, -0.2) is 4.79 Å². The first-order valence-corrected chi connectivity index (χ1v) is 6.14. The van der Waals surface area contributed by atoms with E-state index < -0.39 is 5.97 Å². The highest BCUT2D eigenvalue weighted by atomic mass is 32.1. The van der Waals surface area contributed by atoms with Gasteiger partial charge in [0, 0.05) is 0 Å². The Hall–Kier alpha value is -2.08. The maximum Gasteiger partial charge on any atom is 0.344 e. The van der Waals surface area contributed by atoms with Crippen molar-refractivity contribution in [3.63, 3.8) is 0 Å². The zero-order chi connectivity index (χ0) is 13.8. The van der Waals surface area contributed by atoms with Crippen LogP contribution in [0.2, 0.25) is 0 Å². The molecule has 1 heterocycles. The van der Waals surface area contributed by atoms with E-state index in [-0.39, 0.29) is 17.4 Å². The molecule has 0 atom stereocenters. The second-order valence-electron chi connectivity index (χ2n) is 3.71. The lowest BCUT2D eigenvalue weighted by Gasteiger charge is -2.05.